The molecule has 0 aliphatic rings. The summed E-state index contributed by atoms with van der Waals surface area (Å²) in [5.74, 6) is -2.61. The fourth-order valence-electron chi connectivity index (χ4n) is 2.80. The molecule has 0 N–H and O–H groups in total. The maximum Gasteiger partial charge on any atom is 0.311 e. The molecule has 0 aliphatic heterocycles. The second-order valence-electron chi connectivity index (χ2n) is 6.98. The second-order valence-corrected chi connectivity index (χ2v) is 6.98. The smallest absolute Gasteiger partial charge is 0.311 e. The molecule has 0 bridgehead atoms. The fraction of sp³-hybridized carbons (Fsp3) is 0.636. The van der Waals surface area contributed by atoms with Crippen LogP contribution >= 0.6 is 0 Å². The average Bonchev–Trinajstić information content (AvgIpc) is 2.63. The van der Waals surface area contributed by atoms with Gasteiger partial charge in [-0.25, -0.2) is 8.78 Å². The highest BCUT2D eigenvalue weighted by atomic mass is 19.1. The van der Waals surface area contributed by atoms with Crippen LogP contribution in [0.5, 0.6) is 5.75 Å². The number of carbonyl (C=O) groups excluding carboxylic acids is 2. The zero-order valence-corrected chi connectivity index (χ0v) is 16.8. The molecule has 0 radical (unpaired) electrons. The van der Waals surface area contributed by atoms with Gasteiger partial charge in [0.15, 0.2) is 0 Å². The Morgan fingerprint density at radius 2 is 1.29 bits per heavy atom. The number of benzene rings is 1. The van der Waals surface area contributed by atoms with E-state index in [4.69, 9.17) is 9.47 Å². The summed E-state index contributed by atoms with van der Waals surface area (Å²) in [5.41, 5.74) is 0. The molecule has 0 heterocycles. The van der Waals surface area contributed by atoms with Crippen molar-refractivity contribution in [3.63, 3.8) is 0 Å². The summed E-state index contributed by atoms with van der Waals surface area (Å²) < 4.78 is 36.1. The number of hydrogen-bond donors (Lipinski definition) is 0. The van der Waals surface area contributed by atoms with E-state index in [2.05, 4.69) is 6.92 Å². The van der Waals surface area contributed by atoms with Crippen LogP contribution < -0.4 is 4.74 Å². The first kappa shape index (κ1) is 24.1. The lowest BCUT2D eigenvalue weighted by molar-refractivity contribution is -0.144. The third-order valence-corrected chi connectivity index (χ3v) is 4.34. The summed E-state index contributed by atoms with van der Waals surface area (Å²) >= 11 is 0. The molecular weight excluding hydrogens is 366 g/mol. The van der Waals surface area contributed by atoms with Crippen LogP contribution in [0.4, 0.5) is 8.78 Å². The standard InChI is InChI=1S/C22H32F2O4/c1-2-3-4-5-6-7-8-11-14-27-21(25)12-9-10-13-22(26)28-20-16-18(23)15-19(24)17-20/h15-17H,2-14H2,1H3. The maximum absolute atomic E-state index is 13.0. The Balaban J connectivity index is 1.99. The minimum absolute atomic E-state index is 0.0729. The van der Waals surface area contributed by atoms with Crippen LogP contribution in [0.2, 0.25) is 0 Å². The van der Waals surface area contributed by atoms with Gasteiger partial charge in [0.2, 0.25) is 0 Å². The van der Waals surface area contributed by atoms with Crippen molar-refractivity contribution in [2.75, 3.05) is 6.61 Å². The van der Waals surface area contributed by atoms with Gasteiger partial charge in [0.1, 0.15) is 17.4 Å². The third kappa shape index (κ3) is 12.4. The lowest BCUT2D eigenvalue weighted by Crippen LogP contribution is -2.09. The average molecular weight is 398 g/mol. The Hall–Kier alpha value is -1.98. The molecule has 6 heteroatoms. The highest BCUT2D eigenvalue weighted by molar-refractivity contribution is 5.72. The van der Waals surface area contributed by atoms with Gasteiger partial charge >= 0.3 is 11.9 Å². The third-order valence-electron chi connectivity index (χ3n) is 4.34. The van der Waals surface area contributed by atoms with Gasteiger partial charge in [0.25, 0.3) is 0 Å². The number of halogens is 2. The molecular formula is C22H32F2O4. The van der Waals surface area contributed by atoms with Crippen LogP contribution in [0, 0.1) is 11.6 Å². The number of rotatable bonds is 15. The fourth-order valence-corrected chi connectivity index (χ4v) is 2.80. The SMILES string of the molecule is CCCCCCCCCCOC(=O)CCCCC(=O)Oc1cc(F)cc(F)c1. The first-order chi connectivity index (χ1) is 13.5. The van der Waals surface area contributed by atoms with Crippen LogP contribution in [-0.4, -0.2) is 18.5 Å². The molecule has 4 nitrogen and oxygen atoms in total. The molecule has 0 aliphatic carbocycles. The molecule has 0 unspecified atom stereocenters. The van der Waals surface area contributed by atoms with E-state index in [9.17, 15) is 18.4 Å². The minimum Gasteiger partial charge on any atom is -0.466 e. The summed E-state index contributed by atoms with van der Waals surface area (Å²) in [5, 5.41) is 0. The number of unbranched alkanes of at least 4 members (excludes halogenated alkanes) is 8. The maximum atomic E-state index is 13.0. The van der Waals surface area contributed by atoms with E-state index in [-0.39, 0.29) is 24.6 Å². The van der Waals surface area contributed by atoms with E-state index < -0.39 is 17.6 Å². The normalized spacial score (nSPS) is 10.7. The highest BCUT2D eigenvalue weighted by Gasteiger charge is 2.09. The summed E-state index contributed by atoms with van der Waals surface area (Å²) in [6, 6.07) is 2.60. The van der Waals surface area contributed by atoms with Gasteiger partial charge in [-0.05, 0) is 19.3 Å². The van der Waals surface area contributed by atoms with Gasteiger partial charge in [-0.1, -0.05) is 51.9 Å². The summed E-state index contributed by atoms with van der Waals surface area (Å²) in [6.07, 6.45) is 10.8. The van der Waals surface area contributed by atoms with Crippen molar-refractivity contribution in [2.45, 2.75) is 84.0 Å². The van der Waals surface area contributed by atoms with Gasteiger partial charge < -0.3 is 9.47 Å². The lowest BCUT2D eigenvalue weighted by Gasteiger charge is -2.06. The van der Waals surface area contributed by atoms with Crippen LogP contribution in [-0.2, 0) is 14.3 Å². The van der Waals surface area contributed by atoms with E-state index in [1.165, 1.54) is 38.5 Å². The van der Waals surface area contributed by atoms with Crippen molar-refractivity contribution in [1.29, 1.82) is 0 Å². The molecule has 0 atom stereocenters. The molecule has 0 aromatic heterocycles. The molecule has 1 rings (SSSR count). The molecule has 28 heavy (non-hydrogen) atoms. The van der Waals surface area contributed by atoms with Crippen LogP contribution in [0.15, 0.2) is 18.2 Å². The molecule has 0 amide bonds. The second kappa shape index (κ2) is 15.0. The van der Waals surface area contributed by atoms with Crippen molar-refractivity contribution in [3.8, 4) is 5.75 Å². The Morgan fingerprint density at radius 1 is 0.750 bits per heavy atom. The number of esters is 2. The number of carbonyl (C=O) groups is 2. The van der Waals surface area contributed by atoms with Crippen LogP contribution in [0.3, 0.4) is 0 Å². The zero-order chi connectivity index (χ0) is 20.6. The predicted octanol–water partition coefficient (Wildman–Crippen LogP) is 6.11. The number of ether oxygens (including phenoxy) is 2. The predicted molar refractivity (Wildman–Crippen MR) is 104 cm³/mol. The molecule has 1 aromatic rings. The van der Waals surface area contributed by atoms with E-state index in [0.717, 1.165) is 25.0 Å². The Bertz CT molecular complexity index is 570. The largest absolute Gasteiger partial charge is 0.466 e. The van der Waals surface area contributed by atoms with Gasteiger partial charge in [-0.2, -0.15) is 0 Å². The highest BCUT2D eigenvalue weighted by Crippen LogP contribution is 2.16. The lowest BCUT2D eigenvalue weighted by atomic mass is 10.1. The summed E-state index contributed by atoms with van der Waals surface area (Å²) in [6.45, 7) is 2.65. The van der Waals surface area contributed by atoms with E-state index in [0.29, 0.717) is 25.5 Å². The summed E-state index contributed by atoms with van der Waals surface area (Å²) in [7, 11) is 0. The van der Waals surface area contributed by atoms with Gasteiger partial charge in [0.05, 0.1) is 6.61 Å². The van der Waals surface area contributed by atoms with E-state index in [1.807, 2.05) is 0 Å². The molecule has 0 spiro atoms. The van der Waals surface area contributed by atoms with E-state index >= 15 is 0 Å². The first-order valence-corrected chi connectivity index (χ1v) is 10.3. The van der Waals surface area contributed by atoms with Gasteiger partial charge in [-0.15, -0.1) is 0 Å². The first-order valence-electron chi connectivity index (χ1n) is 10.3. The van der Waals surface area contributed by atoms with Crippen LogP contribution in [0.25, 0.3) is 0 Å². The zero-order valence-electron chi connectivity index (χ0n) is 16.8. The minimum atomic E-state index is -0.804. The molecule has 1 aromatic carbocycles. The van der Waals surface area contributed by atoms with E-state index in [1.54, 1.807) is 0 Å². The Morgan fingerprint density at radius 3 is 1.89 bits per heavy atom. The summed E-state index contributed by atoms with van der Waals surface area (Å²) in [4.78, 5) is 23.3. The van der Waals surface area contributed by atoms with Crippen molar-refractivity contribution in [1.82, 2.24) is 0 Å². The monoisotopic (exact) mass is 398 g/mol. The van der Waals surface area contributed by atoms with Gasteiger partial charge in [-0.3, -0.25) is 9.59 Å². The van der Waals surface area contributed by atoms with Crippen molar-refractivity contribution in [2.24, 2.45) is 0 Å². The van der Waals surface area contributed by atoms with Crippen molar-refractivity contribution in [3.05, 3.63) is 29.8 Å². The quantitative estimate of drug-likeness (QED) is 0.203. The molecule has 0 saturated carbocycles. The van der Waals surface area contributed by atoms with Crippen molar-refractivity contribution >= 4 is 11.9 Å². The van der Waals surface area contributed by atoms with Crippen molar-refractivity contribution < 1.29 is 27.8 Å². The molecule has 158 valence electrons. The Labute approximate surface area is 166 Å². The topological polar surface area (TPSA) is 52.6 Å². The number of hydrogen-bond acceptors (Lipinski definition) is 4. The van der Waals surface area contributed by atoms with Gasteiger partial charge in [0, 0.05) is 31.0 Å². The molecule has 0 fully saturated rings. The Kier molecular flexibility index (Phi) is 12.9. The van der Waals surface area contributed by atoms with Crippen LogP contribution in [0.1, 0.15) is 84.0 Å². The molecule has 0 saturated heterocycles.